The van der Waals surface area contributed by atoms with Gasteiger partial charge in [0.05, 0.1) is 6.04 Å². The second-order valence-electron chi connectivity index (χ2n) is 3.48. The molecule has 0 fully saturated rings. The number of rotatable bonds is 0. The van der Waals surface area contributed by atoms with Gasteiger partial charge in [-0.15, -0.1) is 0 Å². The smallest absolute Gasteiger partial charge is 0.237 e. The number of benzene rings is 1. The summed E-state index contributed by atoms with van der Waals surface area (Å²) in [4.78, 5) is 11.3. The van der Waals surface area contributed by atoms with Gasteiger partial charge in [0, 0.05) is 6.54 Å². The summed E-state index contributed by atoms with van der Waals surface area (Å²) >= 11 is 0. The quantitative estimate of drug-likeness (QED) is 0.537. The highest BCUT2D eigenvalue weighted by atomic mass is 16.3. The van der Waals surface area contributed by atoms with E-state index in [-0.39, 0.29) is 11.7 Å². The summed E-state index contributed by atoms with van der Waals surface area (Å²) in [5.74, 6) is 0.0750. The molecule has 4 nitrogen and oxygen atoms in total. The third-order valence-electron chi connectivity index (χ3n) is 2.42. The number of fused-ring (bicyclic) bond motifs is 1. The van der Waals surface area contributed by atoms with Crippen LogP contribution in [0.1, 0.15) is 11.1 Å². The van der Waals surface area contributed by atoms with Gasteiger partial charge in [-0.3, -0.25) is 4.79 Å². The van der Waals surface area contributed by atoms with E-state index < -0.39 is 6.04 Å². The molecule has 0 aromatic heterocycles. The van der Waals surface area contributed by atoms with Gasteiger partial charge >= 0.3 is 0 Å². The van der Waals surface area contributed by atoms with Crippen LogP contribution in [0.15, 0.2) is 18.2 Å². The molecule has 1 aliphatic heterocycles. The SMILES string of the molecule is NC1Cc2cc(O)ccc2CNC1=O. The van der Waals surface area contributed by atoms with Crippen LogP contribution in [0.25, 0.3) is 0 Å². The molecule has 0 saturated heterocycles. The fraction of sp³-hybridized carbons (Fsp3) is 0.300. The predicted octanol–water partition coefficient (Wildman–Crippen LogP) is -0.108. The summed E-state index contributed by atoms with van der Waals surface area (Å²) in [5, 5.41) is 12.0. The average molecular weight is 192 g/mol. The first-order valence-corrected chi connectivity index (χ1v) is 4.51. The Kier molecular flexibility index (Phi) is 2.13. The third kappa shape index (κ3) is 1.56. The minimum absolute atomic E-state index is 0.138. The second kappa shape index (κ2) is 3.31. The Bertz CT molecular complexity index is 376. The Hall–Kier alpha value is -1.55. The molecule has 0 saturated carbocycles. The van der Waals surface area contributed by atoms with Crippen molar-refractivity contribution in [1.82, 2.24) is 5.32 Å². The van der Waals surface area contributed by atoms with Crippen LogP contribution in [0.3, 0.4) is 0 Å². The zero-order valence-corrected chi connectivity index (χ0v) is 7.66. The van der Waals surface area contributed by atoms with Crippen molar-refractivity contribution in [3.8, 4) is 5.75 Å². The van der Waals surface area contributed by atoms with Crippen molar-refractivity contribution in [2.45, 2.75) is 19.0 Å². The van der Waals surface area contributed by atoms with E-state index in [4.69, 9.17) is 5.73 Å². The van der Waals surface area contributed by atoms with Crippen molar-refractivity contribution < 1.29 is 9.90 Å². The molecule has 1 aromatic carbocycles. The summed E-state index contributed by atoms with van der Waals surface area (Å²) in [6.07, 6.45) is 0.482. The van der Waals surface area contributed by atoms with Crippen LogP contribution in [-0.4, -0.2) is 17.1 Å². The van der Waals surface area contributed by atoms with Gasteiger partial charge in [0.1, 0.15) is 5.75 Å². The Labute approximate surface area is 81.7 Å². The van der Waals surface area contributed by atoms with Gasteiger partial charge < -0.3 is 16.2 Å². The number of hydrogen-bond acceptors (Lipinski definition) is 3. The van der Waals surface area contributed by atoms with Gasteiger partial charge in [-0.1, -0.05) is 6.07 Å². The number of carbonyl (C=O) groups is 1. The summed E-state index contributed by atoms with van der Waals surface area (Å²) in [5.41, 5.74) is 7.61. The molecule has 0 radical (unpaired) electrons. The number of amides is 1. The van der Waals surface area contributed by atoms with Crippen LogP contribution >= 0.6 is 0 Å². The molecule has 14 heavy (non-hydrogen) atoms. The summed E-state index contributed by atoms with van der Waals surface area (Å²) < 4.78 is 0. The first-order chi connectivity index (χ1) is 6.66. The number of phenols is 1. The van der Waals surface area contributed by atoms with E-state index in [9.17, 15) is 9.90 Å². The molecule has 4 heteroatoms. The Morgan fingerprint density at radius 3 is 3.00 bits per heavy atom. The highest BCUT2D eigenvalue weighted by Gasteiger charge is 2.19. The predicted molar refractivity (Wildman–Crippen MR) is 51.6 cm³/mol. The minimum atomic E-state index is -0.516. The number of nitrogens with two attached hydrogens (primary N) is 1. The van der Waals surface area contributed by atoms with Crippen molar-refractivity contribution >= 4 is 5.91 Å². The van der Waals surface area contributed by atoms with Crippen molar-refractivity contribution in [3.63, 3.8) is 0 Å². The Balaban J connectivity index is 2.38. The fourth-order valence-corrected chi connectivity index (χ4v) is 1.62. The molecule has 74 valence electrons. The van der Waals surface area contributed by atoms with Crippen LogP contribution in [0.5, 0.6) is 5.75 Å². The fourth-order valence-electron chi connectivity index (χ4n) is 1.62. The number of hydrogen-bond donors (Lipinski definition) is 3. The van der Waals surface area contributed by atoms with E-state index in [0.29, 0.717) is 13.0 Å². The number of aromatic hydroxyl groups is 1. The standard InChI is InChI=1S/C10H12N2O2/c11-9-4-7-3-8(13)2-1-6(7)5-12-10(9)14/h1-3,9,13H,4-5,11H2,(H,12,14). The zero-order chi connectivity index (χ0) is 10.1. The van der Waals surface area contributed by atoms with Gasteiger partial charge in [-0.25, -0.2) is 0 Å². The molecular weight excluding hydrogens is 180 g/mol. The number of carbonyl (C=O) groups excluding carboxylic acids is 1. The molecule has 1 atom stereocenters. The van der Waals surface area contributed by atoms with Crippen molar-refractivity contribution in [3.05, 3.63) is 29.3 Å². The maximum absolute atomic E-state index is 11.3. The molecule has 1 amide bonds. The highest BCUT2D eigenvalue weighted by Crippen LogP contribution is 2.19. The van der Waals surface area contributed by atoms with E-state index in [1.165, 1.54) is 0 Å². The lowest BCUT2D eigenvalue weighted by molar-refractivity contribution is -0.122. The molecule has 4 N–H and O–H groups in total. The average Bonchev–Trinajstić information content (AvgIpc) is 2.27. The van der Waals surface area contributed by atoms with E-state index in [1.807, 2.05) is 6.07 Å². The zero-order valence-electron chi connectivity index (χ0n) is 7.66. The van der Waals surface area contributed by atoms with E-state index >= 15 is 0 Å². The Morgan fingerprint density at radius 1 is 1.43 bits per heavy atom. The molecule has 2 rings (SSSR count). The molecule has 0 bridgehead atoms. The van der Waals surface area contributed by atoms with Crippen LogP contribution in [0.4, 0.5) is 0 Å². The molecular formula is C10H12N2O2. The van der Waals surface area contributed by atoms with Crippen molar-refractivity contribution in [2.24, 2.45) is 5.73 Å². The van der Waals surface area contributed by atoms with Crippen LogP contribution < -0.4 is 11.1 Å². The first kappa shape index (κ1) is 9.02. The summed E-state index contributed by atoms with van der Waals surface area (Å²) in [6, 6.07) is 4.57. The maximum atomic E-state index is 11.3. The van der Waals surface area contributed by atoms with Crippen molar-refractivity contribution in [1.29, 1.82) is 0 Å². The lowest BCUT2D eigenvalue weighted by Crippen LogP contribution is -2.39. The second-order valence-corrected chi connectivity index (χ2v) is 3.48. The maximum Gasteiger partial charge on any atom is 0.237 e. The number of nitrogens with one attached hydrogen (secondary N) is 1. The molecule has 1 unspecified atom stereocenters. The minimum Gasteiger partial charge on any atom is -0.508 e. The van der Waals surface area contributed by atoms with E-state index in [1.54, 1.807) is 12.1 Å². The topological polar surface area (TPSA) is 75.3 Å². The third-order valence-corrected chi connectivity index (χ3v) is 2.42. The molecule has 1 heterocycles. The van der Waals surface area contributed by atoms with Gasteiger partial charge in [-0.05, 0) is 29.7 Å². The first-order valence-electron chi connectivity index (χ1n) is 4.51. The van der Waals surface area contributed by atoms with Gasteiger partial charge in [0.15, 0.2) is 0 Å². The lowest BCUT2D eigenvalue weighted by atomic mass is 10.0. The summed E-state index contributed by atoms with van der Waals surface area (Å²) in [6.45, 7) is 0.488. The molecule has 0 aliphatic carbocycles. The van der Waals surface area contributed by atoms with E-state index in [2.05, 4.69) is 5.32 Å². The number of phenolic OH excluding ortho intramolecular Hbond substituents is 1. The van der Waals surface area contributed by atoms with Gasteiger partial charge in [-0.2, -0.15) is 0 Å². The molecule has 0 spiro atoms. The van der Waals surface area contributed by atoms with E-state index in [0.717, 1.165) is 11.1 Å². The normalized spacial score (nSPS) is 20.9. The van der Waals surface area contributed by atoms with Crippen LogP contribution in [0.2, 0.25) is 0 Å². The highest BCUT2D eigenvalue weighted by molar-refractivity contribution is 5.82. The van der Waals surface area contributed by atoms with Crippen LogP contribution in [-0.2, 0) is 17.8 Å². The monoisotopic (exact) mass is 192 g/mol. The molecule has 1 aliphatic rings. The van der Waals surface area contributed by atoms with Gasteiger partial charge in [0.2, 0.25) is 5.91 Å². The van der Waals surface area contributed by atoms with Crippen LogP contribution in [0, 0.1) is 0 Å². The van der Waals surface area contributed by atoms with Crippen molar-refractivity contribution in [2.75, 3.05) is 0 Å². The summed E-state index contributed by atoms with van der Waals surface area (Å²) in [7, 11) is 0. The molecule has 1 aromatic rings. The van der Waals surface area contributed by atoms with Gasteiger partial charge in [0.25, 0.3) is 0 Å². The lowest BCUT2D eigenvalue weighted by Gasteiger charge is -2.06. The Morgan fingerprint density at radius 2 is 2.21 bits per heavy atom. The largest absolute Gasteiger partial charge is 0.508 e.